The Morgan fingerprint density at radius 1 is 1.23 bits per heavy atom. The topological polar surface area (TPSA) is 157 Å². The number of anilines is 2. The predicted molar refractivity (Wildman–Crippen MR) is 122 cm³/mol. The van der Waals surface area contributed by atoms with Crippen molar-refractivity contribution in [1.82, 2.24) is 20.0 Å². The minimum atomic E-state index is -5.15. The molecule has 3 aliphatic rings. The number of nitrogens with two attached hydrogens (primary N) is 1. The van der Waals surface area contributed by atoms with Crippen LogP contribution in [0.5, 0.6) is 0 Å². The molecular weight excluding hydrogens is 474 g/mol. The number of rotatable bonds is 4. The molecule has 2 aromatic carbocycles. The Labute approximate surface area is 198 Å². The Hall–Kier alpha value is -2.98. The Kier molecular flexibility index (Phi) is 4.43. The highest BCUT2D eigenvalue weighted by Crippen LogP contribution is 2.64. The van der Waals surface area contributed by atoms with Gasteiger partial charge in [0, 0.05) is 16.8 Å². The summed E-state index contributed by atoms with van der Waals surface area (Å²) in [5.74, 6) is 1.48. The number of nitrogen functional groups attached to an aromatic ring is 1. The van der Waals surface area contributed by atoms with Crippen LogP contribution in [0.4, 0.5) is 15.9 Å². The highest BCUT2D eigenvalue weighted by atomic mass is 31.2. The molecule has 2 aromatic heterocycles. The third-order valence-corrected chi connectivity index (χ3v) is 8.67. The van der Waals surface area contributed by atoms with Gasteiger partial charge >= 0.3 is 0 Å². The van der Waals surface area contributed by atoms with E-state index in [1.54, 1.807) is 12.3 Å². The molecule has 182 valence electrons. The lowest BCUT2D eigenvalue weighted by atomic mass is 9.67. The number of phosphoric acid groups is 1. The number of halogens is 1. The second-order valence-corrected chi connectivity index (χ2v) is 11.1. The summed E-state index contributed by atoms with van der Waals surface area (Å²) < 4.78 is 31.9. The molecule has 10 nitrogen and oxygen atoms in total. The molecule has 35 heavy (non-hydrogen) atoms. The van der Waals surface area contributed by atoms with Crippen molar-refractivity contribution in [2.24, 2.45) is 17.8 Å². The summed E-state index contributed by atoms with van der Waals surface area (Å²) in [6.45, 7) is -0.549. The summed E-state index contributed by atoms with van der Waals surface area (Å²) in [5.41, 5.74) is 9.93. The number of benzene rings is 2. The average Bonchev–Trinajstić information content (AvgIpc) is 3.60. The minimum absolute atomic E-state index is 0.117. The molecule has 1 aliphatic heterocycles. The normalized spacial score (nSPS) is 27.3. The Bertz CT molecular complexity index is 1550. The maximum atomic E-state index is 15.3. The summed E-state index contributed by atoms with van der Waals surface area (Å²) >= 11 is 0. The van der Waals surface area contributed by atoms with Gasteiger partial charge in [-0.25, -0.2) is 9.07 Å². The average molecular weight is 496 g/mol. The van der Waals surface area contributed by atoms with Crippen LogP contribution in [0.25, 0.3) is 21.8 Å². The number of fused-ring (bicyclic) bond motifs is 10. The van der Waals surface area contributed by atoms with E-state index in [2.05, 4.69) is 25.1 Å². The number of phosphoric ester groups is 1. The van der Waals surface area contributed by atoms with Gasteiger partial charge in [0.15, 0.2) is 5.82 Å². The summed E-state index contributed by atoms with van der Waals surface area (Å²) in [5, 5.41) is 16.4. The summed E-state index contributed by atoms with van der Waals surface area (Å²) in [6, 6.07) is 7.01. The van der Waals surface area contributed by atoms with Crippen molar-refractivity contribution in [1.29, 1.82) is 0 Å². The number of nitrogens with zero attached hydrogens (tertiary/aromatic N) is 3. The predicted octanol–water partition coefficient (Wildman–Crippen LogP) is 2.73. The molecule has 0 spiro atoms. The molecule has 7 rings (SSSR count). The van der Waals surface area contributed by atoms with Gasteiger partial charge in [0.25, 0.3) is 0 Å². The number of hydrogen-bond acceptors (Lipinski definition) is 8. The van der Waals surface area contributed by atoms with E-state index >= 15 is 4.39 Å². The van der Waals surface area contributed by atoms with Crippen LogP contribution in [0.2, 0.25) is 0 Å². The fourth-order valence-electron chi connectivity index (χ4n) is 7.02. The van der Waals surface area contributed by atoms with E-state index in [9.17, 15) is 14.4 Å². The van der Waals surface area contributed by atoms with Crippen molar-refractivity contribution in [3.63, 3.8) is 0 Å². The molecular formula is C23H22FN6O4P-2. The summed E-state index contributed by atoms with van der Waals surface area (Å²) in [4.78, 5) is 21.8. The van der Waals surface area contributed by atoms with Crippen molar-refractivity contribution in [3.05, 3.63) is 47.4 Å². The highest BCUT2D eigenvalue weighted by molar-refractivity contribution is 7.43. The quantitative estimate of drug-likeness (QED) is 0.364. The fourth-order valence-corrected chi connectivity index (χ4v) is 7.27. The number of aromatic nitrogens is 4. The first-order valence-electron chi connectivity index (χ1n) is 11.6. The first-order chi connectivity index (χ1) is 16.8. The van der Waals surface area contributed by atoms with Gasteiger partial charge in [-0.2, -0.15) is 10.2 Å². The lowest BCUT2D eigenvalue weighted by molar-refractivity contribution is -0.344. The lowest BCUT2D eigenvalue weighted by Gasteiger charge is -2.44. The number of aromatic amines is 1. The third-order valence-electron chi connectivity index (χ3n) is 8.24. The molecule has 2 saturated carbocycles. The molecule has 2 fully saturated rings. The zero-order valence-electron chi connectivity index (χ0n) is 18.5. The molecule has 3 heterocycles. The highest BCUT2D eigenvalue weighted by Gasteiger charge is 2.54. The monoisotopic (exact) mass is 496 g/mol. The van der Waals surface area contributed by atoms with E-state index in [1.165, 1.54) is 10.7 Å². The van der Waals surface area contributed by atoms with Crippen molar-refractivity contribution < 1.29 is 23.3 Å². The van der Waals surface area contributed by atoms with Crippen LogP contribution in [0.1, 0.15) is 42.3 Å². The molecule has 2 unspecified atom stereocenters. The molecule has 2 aliphatic carbocycles. The van der Waals surface area contributed by atoms with Crippen molar-refractivity contribution in [2.75, 3.05) is 11.1 Å². The molecule has 2 bridgehead atoms. The molecule has 5 atom stereocenters. The summed E-state index contributed by atoms with van der Waals surface area (Å²) in [6.07, 6.45) is 5.24. The van der Waals surface area contributed by atoms with Crippen molar-refractivity contribution >= 4 is 41.1 Å². The van der Waals surface area contributed by atoms with Gasteiger partial charge in [0.2, 0.25) is 0 Å². The van der Waals surface area contributed by atoms with Gasteiger partial charge < -0.3 is 29.9 Å². The minimum Gasteiger partial charge on any atom is -0.790 e. The first kappa shape index (κ1) is 21.3. The van der Waals surface area contributed by atoms with Crippen LogP contribution < -0.4 is 20.8 Å². The van der Waals surface area contributed by atoms with Gasteiger partial charge in [0.05, 0.1) is 36.8 Å². The molecule has 0 amide bonds. The molecule has 4 aromatic rings. The van der Waals surface area contributed by atoms with Crippen molar-refractivity contribution in [2.45, 2.75) is 38.0 Å². The number of H-pyrrole nitrogens is 1. The Morgan fingerprint density at radius 2 is 2.06 bits per heavy atom. The molecule has 12 heteroatoms. The molecule has 4 N–H and O–H groups in total. The second kappa shape index (κ2) is 7.27. The summed E-state index contributed by atoms with van der Waals surface area (Å²) in [7, 11) is -5.15. The SMILES string of the molecule is Nc1nn(COP(=O)([O-])[O-])c2ccc([C@@H]3Nc4c(F)cc5[nH]ncc5c4[C@H]4C5CCC(C5)[C@@H]34)cc12. The van der Waals surface area contributed by atoms with Crippen LogP contribution in [-0.2, 0) is 15.8 Å². The number of hydrogen-bond donors (Lipinski definition) is 3. The van der Waals surface area contributed by atoms with Crippen LogP contribution in [0.3, 0.4) is 0 Å². The second-order valence-electron chi connectivity index (χ2n) is 9.90. The Balaban J connectivity index is 1.34. The largest absolute Gasteiger partial charge is 0.790 e. The smallest absolute Gasteiger partial charge is 0.153 e. The van der Waals surface area contributed by atoms with Crippen LogP contribution >= 0.6 is 7.82 Å². The van der Waals surface area contributed by atoms with Crippen LogP contribution in [-0.4, -0.2) is 20.0 Å². The fraction of sp³-hybridized carbons (Fsp3) is 0.391. The Morgan fingerprint density at radius 3 is 2.89 bits per heavy atom. The third kappa shape index (κ3) is 3.15. The zero-order chi connectivity index (χ0) is 24.1. The standard InChI is InChI=1S/C23H24FN6O4P/c24-15-7-16-14(8-26-28-16)20-18-10-1-2-11(5-10)19(18)21(27-22(15)20)12-3-4-17-13(6-12)23(25)29-30(17)9-34-35(31,32)33/h3-4,6-8,10-11,18-19,21,27H,1-2,5,9H2,(H2,25,29)(H,26,28)(H2,31,32,33)/p-2/t10?,11?,18-,19+,21-/m0/s1. The maximum absolute atomic E-state index is 15.3. The van der Waals surface area contributed by atoms with E-state index in [0.717, 1.165) is 35.8 Å². The van der Waals surface area contributed by atoms with Gasteiger partial charge in [-0.05, 0) is 66.2 Å². The first-order valence-corrected chi connectivity index (χ1v) is 13.1. The van der Waals surface area contributed by atoms with E-state index in [4.69, 9.17) is 5.73 Å². The molecule has 0 radical (unpaired) electrons. The number of nitrogens with one attached hydrogen (secondary N) is 2. The van der Waals surface area contributed by atoms with E-state index in [-0.39, 0.29) is 23.6 Å². The van der Waals surface area contributed by atoms with Gasteiger partial charge in [-0.3, -0.25) is 5.10 Å². The van der Waals surface area contributed by atoms with Gasteiger partial charge in [-0.1, -0.05) is 6.07 Å². The van der Waals surface area contributed by atoms with E-state index < -0.39 is 14.6 Å². The van der Waals surface area contributed by atoms with E-state index in [0.29, 0.717) is 39.9 Å². The molecule has 0 saturated heterocycles. The van der Waals surface area contributed by atoms with Crippen LogP contribution in [0, 0.1) is 23.6 Å². The van der Waals surface area contributed by atoms with Crippen molar-refractivity contribution in [3.8, 4) is 0 Å². The maximum Gasteiger partial charge on any atom is 0.153 e. The zero-order valence-corrected chi connectivity index (χ0v) is 19.4. The lowest BCUT2D eigenvalue weighted by Crippen LogP contribution is -2.36. The van der Waals surface area contributed by atoms with Gasteiger partial charge in [0.1, 0.15) is 12.5 Å². The van der Waals surface area contributed by atoms with Gasteiger partial charge in [-0.15, -0.1) is 0 Å². The van der Waals surface area contributed by atoms with E-state index in [1.807, 2.05) is 12.1 Å². The van der Waals surface area contributed by atoms with Crippen LogP contribution in [0.15, 0.2) is 30.5 Å².